The highest BCUT2D eigenvalue weighted by atomic mass is 35.5. The van der Waals surface area contributed by atoms with Crippen LogP contribution in [0.2, 0.25) is 5.02 Å². The van der Waals surface area contributed by atoms with Crippen molar-refractivity contribution in [3.63, 3.8) is 0 Å². The normalized spacial score (nSPS) is 19.6. The first-order chi connectivity index (χ1) is 8.63. The molecule has 1 atom stereocenters. The lowest BCUT2D eigenvalue weighted by Crippen LogP contribution is -2.32. The molecule has 0 bridgehead atoms. The fraction of sp³-hybridized carbons (Fsp3) is 0.462. The Morgan fingerprint density at radius 2 is 2.33 bits per heavy atom. The highest BCUT2D eigenvalue weighted by Crippen LogP contribution is 2.19. The summed E-state index contributed by atoms with van der Waals surface area (Å²) in [6, 6.07) is 4.02. The number of hydrogen-bond acceptors (Lipinski definition) is 2. The molecule has 1 fully saturated rings. The number of amides is 1. The molecule has 18 heavy (non-hydrogen) atoms. The molecule has 1 aromatic rings. The first-order valence-electron chi connectivity index (χ1n) is 6.10. The van der Waals surface area contributed by atoms with Crippen LogP contribution in [-0.2, 0) is 4.79 Å². The molecule has 2 N–H and O–H groups in total. The average molecular weight is 271 g/mol. The summed E-state index contributed by atoms with van der Waals surface area (Å²) in [5, 5.41) is 6.22. The Morgan fingerprint density at radius 3 is 3.00 bits per heavy atom. The second-order valence-corrected chi connectivity index (χ2v) is 5.06. The van der Waals surface area contributed by atoms with Crippen LogP contribution in [0.1, 0.15) is 19.3 Å². The maximum absolute atomic E-state index is 13.1. The standard InChI is InChI=1S/C13H16ClFN2O/c14-10-5-11(15)7-12(6-10)17-13(18)4-9-2-1-3-16-8-9/h5-7,9,16H,1-4,8H2,(H,17,18). The summed E-state index contributed by atoms with van der Waals surface area (Å²) >= 11 is 5.72. The van der Waals surface area contributed by atoms with Gasteiger partial charge in [0, 0.05) is 17.1 Å². The highest BCUT2D eigenvalue weighted by molar-refractivity contribution is 6.30. The van der Waals surface area contributed by atoms with Gasteiger partial charge in [0.05, 0.1) is 0 Å². The summed E-state index contributed by atoms with van der Waals surface area (Å²) in [5.74, 6) is -0.176. The van der Waals surface area contributed by atoms with E-state index >= 15 is 0 Å². The average Bonchev–Trinajstić information content (AvgIpc) is 2.28. The van der Waals surface area contributed by atoms with Gasteiger partial charge in [0.15, 0.2) is 0 Å². The Bertz CT molecular complexity index is 413. The Balaban J connectivity index is 1.89. The molecule has 2 rings (SSSR count). The molecule has 1 aliphatic heterocycles. The van der Waals surface area contributed by atoms with Gasteiger partial charge in [-0.15, -0.1) is 0 Å². The van der Waals surface area contributed by atoms with E-state index in [2.05, 4.69) is 10.6 Å². The van der Waals surface area contributed by atoms with Crippen molar-refractivity contribution in [1.29, 1.82) is 0 Å². The van der Waals surface area contributed by atoms with Crippen LogP contribution in [0.3, 0.4) is 0 Å². The van der Waals surface area contributed by atoms with E-state index in [0.717, 1.165) is 25.9 Å². The zero-order valence-electron chi connectivity index (χ0n) is 10.0. The number of hydrogen-bond donors (Lipinski definition) is 2. The van der Waals surface area contributed by atoms with E-state index in [1.54, 1.807) is 6.07 Å². The van der Waals surface area contributed by atoms with Crippen molar-refractivity contribution in [2.75, 3.05) is 18.4 Å². The SMILES string of the molecule is O=C(CC1CCCNC1)Nc1cc(F)cc(Cl)c1. The van der Waals surface area contributed by atoms with Crippen molar-refractivity contribution < 1.29 is 9.18 Å². The molecule has 1 saturated heterocycles. The van der Waals surface area contributed by atoms with E-state index in [9.17, 15) is 9.18 Å². The summed E-state index contributed by atoms with van der Waals surface area (Å²) in [7, 11) is 0. The van der Waals surface area contributed by atoms with Crippen molar-refractivity contribution in [1.82, 2.24) is 5.32 Å². The molecule has 0 spiro atoms. The van der Waals surface area contributed by atoms with Gasteiger partial charge in [-0.25, -0.2) is 4.39 Å². The first kappa shape index (κ1) is 13.3. The van der Waals surface area contributed by atoms with Crippen LogP contribution in [0.5, 0.6) is 0 Å². The smallest absolute Gasteiger partial charge is 0.224 e. The number of benzene rings is 1. The van der Waals surface area contributed by atoms with Crippen molar-refractivity contribution in [3.8, 4) is 0 Å². The minimum atomic E-state index is -0.447. The predicted octanol–water partition coefficient (Wildman–Crippen LogP) is 2.81. The molecule has 98 valence electrons. The molecular formula is C13H16ClFN2O. The number of anilines is 1. The zero-order valence-corrected chi connectivity index (χ0v) is 10.8. The monoisotopic (exact) mass is 270 g/mol. The third-order valence-electron chi connectivity index (χ3n) is 3.02. The predicted molar refractivity (Wildman–Crippen MR) is 70.3 cm³/mol. The molecule has 0 saturated carbocycles. The van der Waals surface area contributed by atoms with Crippen molar-refractivity contribution in [3.05, 3.63) is 29.0 Å². The van der Waals surface area contributed by atoms with Gasteiger partial charge >= 0.3 is 0 Å². The molecule has 5 heteroatoms. The van der Waals surface area contributed by atoms with Crippen molar-refractivity contribution >= 4 is 23.2 Å². The quantitative estimate of drug-likeness (QED) is 0.887. The number of nitrogens with one attached hydrogen (secondary N) is 2. The lowest BCUT2D eigenvalue weighted by molar-refractivity contribution is -0.117. The van der Waals surface area contributed by atoms with Crippen molar-refractivity contribution in [2.45, 2.75) is 19.3 Å². The van der Waals surface area contributed by atoms with E-state index in [4.69, 9.17) is 11.6 Å². The van der Waals surface area contributed by atoms with Crippen LogP contribution in [0, 0.1) is 11.7 Å². The van der Waals surface area contributed by atoms with Gasteiger partial charge in [0.1, 0.15) is 5.82 Å². The maximum atomic E-state index is 13.1. The maximum Gasteiger partial charge on any atom is 0.224 e. The number of piperidine rings is 1. The number of halogens is 2. The lowest BCUT2D eigenvalue weighted by atomic mass is 9.96. The molecule has 1 aliphatic rings. The second-order valence-electron chi connectivity index (χ2n) is 4.62. The minimum absolute atomic E-state index is 0.0923. The molecule has 1 heterocycles. The molecule has 3 nitrogen and oxygen atoms in total. The van der Waals surface area contributed by atoms with Crippen LogP contribution in [0.15, 0.2) is 18.2 Å². The van der Waals surface area contributed by atoms with Gasteiger partial charge in [0.25, 0.3) is 0 Å². The number of rotatable bonds is 3. The van der Waals surface area contributed by atoms with Gasteiger partial charge in [0.2, 0.25) is 5.91 Å². The van der Waals surface area contributed by atoms with E-state index in [0.29, 0.717) is 18.0 Å². The summed E-state index contributed by atoms with van der Waals surface area (Å²) < 4.78 is 13.1. The van der Waals surface area contributed by atoms with Gasteiger partial charge in [-0.2, -0.15) is 0 Å². The Morgan fingerprint density at radius 1 is 1.50 bits per heavy atom. The largest absolute Gasteiger partial charge is 0.326 e. The third kappa shape index (κ3) is 3.96. The van der Waals surface area contributed by atoms with E-state index < -0.39 is 5.82 Å². The van der Waals surface area contributed by atoms with Crippen LogP contribution in [-0.4, -0.2) is 19.0 Å². The fourth-order valence-electron chi connectivity index (χ4n) is 2.20. The van der Waals surface area contributed by atoms with E-state index in [-0.39, 0.29) is 10.9 Å². The van der Waals surface area contributed by atoms with Crippen LogP contribution < -0.4 is 10.6 Å². The Labute approximate surface area is 111 Å². The molecule has 0 radical (unpaired) electrons. The molecule has 1 aromatic carbocycles. The lowest BCUT2D eigenvalue weighted by Gasteiger charge is -2.22. The minimum Gasteiger partial charge on any atom is -0.326 e. The molecule has 1 unspecified atom stereocenters. The van der Waals surface area contributed by atoms with Gasteiger partial charge in [-0.05, 0) is 50.0 Å². The van der Waals surface area contributed by atoms with Crippen LogP contribution >= 0.6 is 11.6 Å². The first-order valence-corrected chi connectivity index (χ1v) is 6.48. The fourth-order valence-corrected chi connectivity index (χ4v) is 2.42. The van der Waals surface area contributed by atoms with Gasteiger partial charge < -0.3 is 10.6 Å². The van der Waals surface area contributed by atoms with E-state index in [1.807, 2.05) is 0 Å². The molecule has 0 aromatic heterocycles. The number of carbonyl (C=O) groups is 1. The van der Waals surface area contributed by atoms with Gasteiger partial charge in [-0.1, -0.05) is 11.6 Å². The Kier molecular flexibility index (Phi) is 4.55. The van der Waals surface area contributed by atoms with E-state index in [1.165, 1.54) is 12.1 Å². The molecular weight excluding hydrogens is 255 g/mol. The summed E-state index contributed by atoms with van der Waals surface area (Å²) in [4.78, 5) is 11.8. The van der Waals surface area contributed by atoms with Crippen molar-refractivity contribution in [2.24, 2.45) is 5.92 Å². The number of carbonyl (C=O) groups excluding carboxylic acids is 1. The highest BCUT2D eigenvalue weighted by Gasteiger charge is 2.16. The summed E-state index contributed by atoms with van der Waals surface area (Å²) in [6.07, 6.45) is 2.62. The van der Waals surface area contributed by atoms with Crippen LogP contribution in [0.4, 0.5) is 10.1 Å². The van der Waals surface area contributed by atoms with Gasteiger partial charge in [-0.3, -0.25) is 4.79 Å². The zero-order chi connectivity index (χ0) is 13.0. The molecule has 1 amide bonds. The molecule has 0 aliphatic carbocycles. The summed E-state index contributed by atoms with van der Waals surface area (Å²) in [5.41, 5.74) is 0.411. The second kappa shape index (κ2) is 6.16. The summed E-state index contributed by atoms with van der Waals surface area (Å²) in [6.45, 7) is 1.90. The topological polar surface area (TPSA) is 41.1 Å². The van der Waals surface area contributed by atoms with Crippen LogP contribution in [0.25, 0.3) is 0 Å². The Hall–Kier alpha value is -1.13. The third-order valence-corrected chi connectivity index (χ3v) is 3.24.